The highest BCUT2D eigenvalue weighted by Gasteiger charge is 2.29. The molecule has 1 amide bonds. The summed E-state index contributed by atoms with van der Waals surface area (Å²) in [5.74, 6) is 0.0149. The van der Waals surface area contributed by atoms with Gasteiger partial charge in [-0.3, -0.25) is 4.79 Å². The third kappa shape index (κ3) is 2.04. The Hall–Kier alpha value is -0.740. The lowest BCUT2D eigenvalue weighted by atomic mass is 10.2. The molecule has 16 heavy (non-hydrogen) atoms. The van der Waals surface area contributed by atoms with Gasteiger partial charge < -0.3 is 4.90 Å². The summed E-state index contributed by atoms with van der Waals surface area (Å²) >= 11 is 7.54. The highest BCUT2D eigenvalue weighted by molar-refractivity contribution is 8.00. The van der Waals surface area contributed by atoms with Gasteiger partial charge in [0.05, 0.1) is 16.0 Å². The van der Waals surface area contributed by atoms with E-state index in [1.807, 2.05) is 6.92 Å². The van der Waals surface area contributed by atoms with Crippen molar-refractivity contribution in [3.8, 4) is 0 Å². The summed E-state index contributed by atoms with van der Waals surface area (Å²) in [6.07, 6.45) is 0. The third-order valence-electron chi connectivity index (χ3n) is 2.57. The molecule has 5 heteroatoms. The SMILES string of the molecule is CC1SCCN1C(=O)c1c(F)cccc1Cl. The van der Waals surface area contributed by atoms with Crippen LogP contribution >= 0.6 is 23.4 Å². The van der Waals surface area contributed by atoms with Crippen LogP contribution in [0.15, 0.2) is 18.2 Å². The van der Waals surface area contributed by atoms with Crippen LogP contribution in [0.5, 0.6) is 0 Å². The zero-order chi connectivity index (χ0) is 11.7. The highest BCUT2D eigenvalue weighted by atomic mass is 35.5. The minimum atomic E-state index is -0.554. The van der Waals surface area contributed by atoms with Crippen molar-refractivity contribution >= 4 is 29.3 Å². The standard InChI is InChI=1S/C11H11ClFNOS/c1-7-14(5-6-16-7)11(15)10-8(12)3-2-4-9(10)13/h2-4,7H,5-6H2,1H3. The number of nitrogens with zero attached hydrogens (tertiary/aromatic N) is 1. The Morgan fingerprint density at radius 2 is 2.38 bits per heavy atom. The van der Waals surface area contributed by atoms with Gasteiger partial charge in [-0.1, -0.05) is 17.7 Å². The van der Waals surface area contributed by atoms with Gasteiger partial charge in [-0.25, -0.2) is 4.39 Å². The Morgan fingerprint density at radius 3 is 2.94 bits per heavy atom. The lowest BCUT2D eigenvalue weighted by Gasteiger charge is -2.21. The summed E-state index contributed by atoms with van der Waals surface area (Å²) < 4.78 is 13.5. The summed E-state index contributed by atoms with van der Waals surface area (Å²) in [6, 6.07) is 4.29. The first kappa shape index (κ1) is 11.7. The fourth-order valence-corrected chi connectivity index (χ4v) is 2.97. The first-order chi connectivity index (χ1) is 7.61. The van der Waals surface area contributed by atoms with Crippen molar-refractivity contribution in [3.63, 3.8) is 0 Å². The maximum atomic E-state index is 13.5. The summed E-state index contributed by atoms with van der Waals surface area (Å²) in [4.78, 5) is 13.7. The lowest BCUT2D eigenvalue weighted by Crippen LogP contribution is -2.33. The zero-order valence-electron chi connectivity index (χ0n) is 8.74. The van der Waals surface area contributed by atoms with Crippen LogP contribution in [-0.2, 0) is 0 Å². The molecule has 1 unspecified atom stereocenters. The van der Waals surface area contributed by atoms with Crippen LogP contribution in [-0.4, -0.2) is 28.5 Å². The van der Waals surface area contributed by atoms with E-state index in [1.54, 1.807) is 16.7 Å². The Morgan fingerprint density at radius 1 is 1.62 bits per heavy atom. The Kier molecular flexibility index (Phi) is 3.40. The number of hydrogen-bond acceptors (Lipinski definition) is 2. The van der Waals surface area contributed by atoms with E-state index >= 15 is 0 Å². The molecule has 0 N–H and O–H groups in total. The zero-order valence-corrected chi connectivity index (χ0v) is 10.3. The monoisotopic (exact) mass is 259 g/mol. The van der Waals surface area contributed by atoms with Gasteiger partial charge in [0, 0.05) is 12.3 Å². The minimum Gasteiger partial charge on any atom is -0.326 e. The molecule has 1 saturated heterocycles. The Bertz CT molecular complexity index is 406. The van der Waals surface area contributed by atoms with Crippen molar-refractivity contribution in [3.05, 3.63) is 34.6 Å². The number of halogens is 2. The summed E-state index contributed by atoms with van der Waals surface area (Å²) in [5.41, 5.74) is -0.0153. The molecular weight excluding hydrogens is 249 g/mol. The van der Waals surface area contributed by atoms with Crippen LogP contribution in [0.1, 0.15) is 17.3 Å². The molecule has 1 aromatic carbocycles. The Labute approximate surface area is 103 Å². The fourth-order valence-electron chi connectivity index (χ4n) is 1.71. The second-order valence-electron chi connectivity index (χ2n) is 3.57. The molecule has 2 nitrogen and oxygen atoms in total. The summed E-state index contributed by atoms with van der Waals surface area (Å²) in [6.45, 7) is 2.58. The first-order valence-corrected chi connectivity index (χ1v) is 6.40. The second-order valence-corrected chi connectivity index (χ2v) is 5.40. The van der Waals surface area contributed by atoms with Gasteiger partial charge >= 0.3 is 0 Å². The Balaban J connectivity index is 2.33. The van der Waals surface area contributed by atoms with E-state index in [9.17, 15) is 9.18 Å². The largest absolute Gasteiger partial charge is 0.326 e. The first-order valence-electron chi connectivity index (χ1n) is 4.98. The van der Waals surface area contributed by atoms with Crippen molar-refractivity contribution < 1.29 is 9.18 Å². The molecule has 1 aliphatic rings. The van der Waals surface area contributed by atoms with E-state index < -0.39 is 5.82 Å². The predicted molar refractivity (Wildman–Crippen MR) is 64.4 cm³/mol. The van der Waals surface area contributed by atoms with Crippen LogP contribution in [0, 0.1) is 5.82 Å². The fraction of sp³-hybridized carbons (Fsp3) is 0.364. The van der Waals surface area contributed by atoms with Crippen LogP contribution in [0.25, 0.3) is 0 Å². The van der Waals surface area contributed by atoms with E-state index in [0.717, 1.165) is 5.75 Å². The van der Waals surface area contributed by atoms with Crippen LogP contribution in [0.4, 0.5) is 4.39 Å². The van der Waals surface area contributed by atoms with Crippen LogP contribution in [0.2, 0.25) is 5.02 Å². The second kappa shape index (κ2) is 4.63. The van der Waals surface area contributed by atoms with Gasteiger partial charge in [-0.15, -0.1) is 11.8 Å². The smallest absolute Gasteiger partial charge is 0.259 e. The maximum absolute atomic E-state index is 13.5. The van der Waals surface area contributed by atoms with Gasteiger partial charge in [0.2, 0.25) is 0 Å². The minimum absolute atomic E-state index is 0.0153. The topological polar surface area (TPSA) is 20.3 Å². The molecule has 0 spiro atoms. The molecule has 0 aromatic heterocycles. The van der Waals surface area contributed by atoms with Crippen LogP contribution in [0.3, 0.4) is 0 Å². The van der Waals surface area contributed by atoms with Crippen molar-refractivity contribution in [1.82, 2.24) is 4.90 Å². The molecule has 1 heterocycles. The molecule has 1 atom stereocenters. The molecule has 1 fully saturated rings. The van der Waals surface area contributed by atoms with E-state index in [0.29, 0.717) is 6.54 Å². The number of carbonyl (C=O) groups excluding carboxylic acids is 1. The summed E-state index contributed by atoms with van der Waals surface area (Å²) in [5, 5.41) is 0.261. The maximum Gasteiger partial charge on any atom is 0.259 e. The van der Waals surface area contributed by atoms with Crippen molar-refractivity contribution in [2.45, 2.75) is 12.3 Å². The number of rotatable bonds is 1. The highest BCUT2D eigenvalue weighted by Crippen LogP contribution is 2.28. The van der Waals surface area contributed by atoms with Gasteiger partial charge in [-0.2, -0.15) is 0 Å². The molecule has 2 rings (SSSR count). The number of carbonyl (C=O) groups is 1. The normalized spacial score (nSPS) is 20.2. The van der Waals surface area contributed by atoms with Gasteiger partial charge in [0.15, 0.2) is 0 Å². The molecule has 1 aliphatic heterocycles. The van der Waals surface area contributed by atoms with E-state index in [2.05, 4.69) is 0 Å². The van der Waals surface area contributed by atoms with Gasteiger partial charge in [0.1, 0.15) is 5.82 Å². The predicted octanol–water partition coefficient (Wildman–Crippen LogP) is 3.01. The molecular formula is C11H11ClFNOS. The molecule has 86 valence electrons. The molecule has 0 saturated carbocycles. The van der Waals surface area contributed by atoms with Crippen molar-refractivity contribution in [2.24, 2.45) is 0 Å². The van der Waals surface area contributed by atoms with Crippen molar-refractivity contribution in [1.29, 1.82) is 0 Å². The van der Waals surface area contributed by atoms with E-state index in [-0.39, 0.29) is 21.9 Å². The average Bonchev–Trinajstić information content (AvgIpc) is 2.64. The third-order valence-corrected chi connectivity index (χ3v) is 4.04. The van der Waals surface area contributed by atoms with E-state index in [4.69, 9.17) is 11.6 Å². The van der Waals surface area contributed by atoms with Crippen LogP contribution < -0.4 is 0 Å². The van der Waals surface area contributed by atoms with Crippen molar-refractivity contribution in [2.75, 3.05) is 12.3 Å². The number of thioether (sulfide) groups is 1. The quantitative estimate of drug-likeness (QED) is 0.773. The van der Waals surface area contributed by atoms with Gasteiger partial charge in [-0.05, 0) is 19.1 Å². The summed E-state index contributed by atoms with van der Waals surface area (Å²) in [7, 11) is 0. The molecule has 0 radical (unpaired) electrons. The lowest BCUT2D eigenvalue weighted by molar-refractivity contribution is 0.0764. The van der Waals surface area contributed by atoms with E-state index in [1.165, 1.54) is 18.2 Å². The number of amides is 1. The molecule has 0 aliphatic carbocycles. The number of hydrogen-bond donors (Lipinski definition) is 0. The van der Waals surface area contributed by atoms with Gasteiger partial charge in [0.25, 0.3) is 5.91 Å². The average molecular weight is 260 g/mol. The number of benzene rings is 1. The molecule has 1 aromatic rings. The molecule has 0 bridgehead atoms.